The minimum absolute atomic E-state index is 0.0353. The van der Waals surface area contributed by atoms with Gasteiger partial charge in [0, 0.05) is 24.3 Å². The Kier molecular flexibility index (Phi) is 7.25. The standard InChI is InChI=1S/C18H30N6OS/c1-6-8-19-14-13-12-21-24(10-9-20-16(25)18(3,4)5)15(13)23-17(22-14)26-11-7-2/h12H,6-11H2,1-5H3,(H,20,25)(H,19,22,23). The van der Waals surface area contributed by atoms with Gasteiger partial charge in [-0.15, -0.1) is 0 Å². The van der Waals surface area contributed by atoms with E-state index in [4.69, 9.17) is 0 Å². The number of hydrogen-bond acceptors (Lipinski definition) is 6. The molecule has 7 nitrogen and oxygen atoms in total. The van der Waals surface area contributed by atoms with Crippen LogP contribution in [0.5, 0.6) is 0 Å². The van der Waals surface area contributed by atoms with Gasteiger partial charge in [0.15, 0.2) is 10.8 Å². The molecule has 0 bridgehead atoms. The van der Waals surface area contributed by atoms with E-state index in [2.05, 4.69) is 39.5 Å². The van der Waals surface area contributed by atoms with Crippen LogP contribution < -0.4 is 10.6 Å². The molecule has 144 valence electrons. The second-order valence-electron chi connectivity index (χ2n) is 7.24. The number of amides is 1. The van der Waals surface area contributed by atoms with Crippen LogP contribution in [0.15, 0.2) is 11.4 Å². The van der Waals surface area contributed by atoms with Crippen LogP contribution in [0.4, 0.5) is 5.82 Å². The summed E-state index contributed by atoms with van der Waals surface area (Å²) in [5.74, 6) is 1.85. The second-order valence-corrected chi connectivity index (χ2v) is 8.30. The molecule has 26 heavy (non-hydrogen) atoms. The van der Waals surface area contributed by atoms with Gasteiger partial charge in [-0.25, -0.2) is 14.6 Å². The maximum Gasteiger partial charge on any atom is 0.225 e. The lowest BCUT2D eigenvalue weighted by molar-refractivity contribution is -0.128. The Bertz CT molecular complexity index is 737. The summed E-state index contributed by atoms with van der Waals surface area (Å²) in [5, 5.41) is 12.5. The molecule has 0 aliphatic rings. The first-order valence-electron chi connectivity index (χ1n) is 9.25. The number of thioether (sulfide) groups is 1. The Balaban J connectivity index is 2.20. The molecule has 0 unspecified atom stereocenters. The number of nitrogens with one attached hydrogen (secondary N) is 2. The van der Waals surface area contributed by atoms with Gasteiger partial charge in [-0.05, 0) is 12.8 Å². The van der Waals surface area contributed by atoms with Crippen molar-refractivity contribution < 1.29 is 4.79 Å². The van der Waals surface area contributed by atoms with Crippen molar-refractivity contribution in [2.75, 3.05) is 24.2 Å². The average molecular weight is 379 g/mol. The van der Waals surface area contributed by atoms with Gasteiger partial charge in [-0.1, -0.05) is 46.4 Å². The monoisotopic (exact) mass is 378 g/mol. The summed E-state index contributed by atoms with van der Waals surface area (Å²) < 4.78 is 1.84. The highest BCUT2D eigenvalue weighted by Gasteiger charge is 2.20. The number of hydrogen-bond donors (Lipinski definition) is 2. The van der Waals surface area contributed by atoms with Crippen molar-refractivity contribution in [2.45, 2.75) is 59.2 Å². The molecule has 1 amide bonds. The molecular weight excluding hydrogens is 348 g/mol. The Morgan fingerprint density at radius 3 is 2.62 bits per heavy atom. The van der Waals surface area contributed by atoms with Gasteiger partial charge in [-0.2, -0.15) is 5.10 Å². The van der Waals surface area contributed by atoms with Crippen molar-refractivity contribution >= 4 is 34.5 Å². The number of anilines is 1. The van der Waals surface area contributed by atoms with Crippen LogP contribution in [-0.2, 0) is 11.3 Å². The van der Waals surface area contributed by atoms with Gasteiger partial charge in [-0.3, -0.25) is 4.79 Å². The van der Waals surface area contributed by atoms with Crippen molar-refractivity contribution in [1.82, 2.24) is 25.1 Å². The molecule has 2 heterocycles. The SMILES string of the molecule is CCCNc1nc(SCCC)nc2c1cnn2CCNC(=O)C(C)(C)C. The van der Waals surface area contributed by atoms with E-state index in [1.807, 2.05) is 25.5 Å². The van der Waals surface area contributed by atoms with E-state index in [0.717, 1.165) is 47.1 Å². The normalized spacial score (nSPS) is 11.7. The Morgan fingerprint density at radius 1 is 1.19 bits per heavy atom. The number of nitrogens with zero attached hydrogens (tertiary/aromatic N) is 4. The lowest BCUT2D eigenvalue weighted by Crippen LogP contribution is -2.36. The van der Waals surface area contributed by atoms with Gasteiger partial charge >= 0.3 is 0 Å². The van der Waals surface area contributed by atoms with Crippen LogP contribution >= 0.6 is 11.8 Å². The zero-order valence-electron chi connectivity index (χ0n) is 16.4. The second kappa shape index (κ2) is 9.21. The molecule has 0 atom stereocenters. The summed E-state index contributed by atoms with van der Waals surface area (Å²) in [6, 6.07) is 0. The van der Waals surface area contributed by atoms with E-state index in [9.17, 15) is 4.79 Å². The zero-order chi connectivity index (χ0) is 19.2. The minimum Gasteiger partial charge on any atom is -0.369 e. The fraction of sp³-hybridized carbons (Fsp3) is 0.667. The highest BCUT2D eigenvalue weighted by atomic mass is 32.2. The van der Waals surface area contributed by atoms with Crippen molar-refractivity contribution in [3.05, 3.63) is 6.20 Å². The van der Waals surface area contributed by atoms with E-state index in [1.165, 1.54) is 0 Å². The van der Waals surface area contributed by atoms with Crippen molar-refractivity contribution in [2.24, 2.45) is 5.41 Å². The Morgan fingerprint density at radius 2 is 1.96 bits per heavy atom. The lowest BCUT2D eigenvalue weighted by Gasteiger charge is -2.17. The van der Waals surface area contributed by atoms with E-state index in [-0.39, 0.29) is 5.91 Å². The molecule has 0 aliphatic heterocycles. The molecule has 0 spiro atoms. The minimum atomic E-state index is -0.393. The molecule has 0 aliphatic carbocycles. The Hall–Kier alpha value is -1.83. The molecule has 0 fully saturated rings. The maximum absolute atomic E-state index is 12.0. The summed E-state index contributed by atoms with van der Waals surface area (Å²) >= 11 is 1.65. The first-order valence-corrected chi connectivity index (χ1v) is 10.2. The van der Waals surface area contributed by atoms with E-state index in [0.29, 0.717) is 13.1 Å². The predicted molar refractivity (Wildman–Crippen MR) is 108 cm³/mol. The first kappa shape index (κ1) is 20.5. The summed E-state index contributed by atoms with van der Waals surface area (Å²) in [5.41, 5.74) is 0.414. The van der Waals surface area contributed by atoms with Crippen molar-refractivity contribution in [1.29, 1.82) is 0 Å². The van der Waals surface area contributed by atoms with E-state index < -0.39 is 5.41 Å². The van der Waals surface area contributed by atoms with Crippen LogP contribution in [0.2, 0.25) is 0 Å². The molecule has 0 saturated carbocycles. The molecule has 2 aromatic rings. The Labute approximate surface area is 159 Å². The number of carbonyl (C=O) groups excluding carboxylic acids is 1. The highest BCUT2D eigenvalue weighted by molar-refractivity contribution is 7.99. The van der Waals surface area contributed by atoms with Gasteiger partial charge in [0.2, 0.25) is 5.91 Å². The molecular formula is C18H30N6OS. The summed E-state index contributed by atoms with van der Waals surface area (Å²) in [4.78, 5) is 21.4. The summed E-state index contributed by atoms with van der Waals surface area (Å²) in [6.07, 6.45) is 3.89. The topological polar surface area (TPSA) is 84.7 Å². The van der Waals surface area contributed by atoms with Gasteiger partial charge in [0.05, 0.1) is 18.1 Å². The third kappa shape index (κ3) is 5.33. The molecule has 2 aromatic heterocycles. The van der Waals surface area contributed by atoms with Gasteiger partial charge < -0.3 is 10.6 Å². The van der Waals surface area contributed by atoms with Crippen LogP contribution in [-0.4, -0.2) is 44.5 Å². The number of rotatable bonds is 9. The van der Waals surface area contributed by atoms with Crippen LogP contribution in [0.25, 0.3) is 11.0 Å². The molecule has 2 N–H and O–H groups in total. The van der Waals surface area contributed by atoms with Gasteiger partial charge in [0.25, 0.3) is 0 Å². The smallest absolute Gasteiger partial charge is 0.225 e. The molecule has 0 aromatic carbocycles. The third-order valence-electron chi connectivity index (χ3n) is 3.74. The van der Waals surface area contributed by atoms with Crippen molar-refractivity contribution in [3.63, 3.8) is 0 Å². The van der Waals surface area contributed by atoms with Crippen molar-refractivity contribution in [3.8, 4) is 0 Å². The van der Waals surface area contributed by atoms with Crippen LogP contribution in [0.3, 0.4) is 0 Å². The largest absolute Gasteiger partial charge is 0.369 e. The fourth-order valence-electron chi connectivity index (χ4n) is 2.28. The maximum atomic E-state index is 12.0. The van der Waals surface area contributed by atoms with E-state index in [1.54, 1.807) is 18.0 Å². The average Bonchev–Trinajstić information content (AvgIpc) is 3.00. The molecule has 0 radical (unpaired) electrons. The third-order valence-corrected chi connectivity index (χ3v) is 4.80. The van der Waals surface area contributed by atoms with Gasteiger partial charge in [0.1, 0.15) is 5.82 Å². The lowest BCUT2D eigenvalue weighted by atomic mass is 9.96. The number of carbonyl (C=O) groups is 1. The van der Waals surface area contributed by atoms with Crippen LogP contribution in [0.1, 0.15) is 47.5 Å². The van der Waals surface area contributed by atoms with E-state index >= 15 is 0 Å². The number of fused-ring (bicyclic) bond motifs is 1. The zero-order valence-corrected chi connectivity index (χ0v) is 17.2. The molecule has 8 heteroatoms. The number of aromatic nitrogens is 4. The molecule has 2 rings (SSSR count). The predicted octanol–water partition coefficient (Wildman–Crippen LogP) is 3.31. The highest BCUT2D eigenvalue weighted by Crippen LogP contribution is 2.24. The quantitative estimate of drug-likeness (QED) is 0.514. The first-order chi connectivity index (χ1) is 12.4. The molecule has 0 saturated heterocycles. The summed E-state index contributed by atoms with van der Waals surface area (Å²) in [7, 11) is 0. The fourth-order valence-corrected chi connectivity index (χ4v) is 2.97. The summed E-state index contributed by atoms with van der Waals surface area (Å²) in [6.45, 7) is 11.9. The van der Waals surface area contributed by atoms with Crippen LogP contribution in [0, 0.1) is 5.41 Å².